The highest BCUT2D eigenvalue weighted by Gasteiger charge is 2.09. The first-order valence-electron chi connectivity index (χ1n) is 6.04. The summed E-state index contributed by atoms with van der Waals surface area (Å²) in [5, 5.41) is 12.5. The van der Waals surface area contributed by atoms with Gasteiger partial charge >= 0.3 is 0 Å². The minimum atomic E-state index is -0.652. The van der Waals surface area contributed by atoms with Gasteiger partial charge in [0.1, 0.15) is 0 Å². The van der Waals surface area contributed by atoms with Gasteiger partial charge in [-0.25, -0.2) is 4.39 Å². The smallest absolute Gasteiger partial charge is 0.160 e. The van der Waals surface area contributed by atoms with Crippen molar-refractivity contribution in [3.05, 3.63) is 28.0 Å². The number of halogens is 3. The highest BCUT2D eigenvalue weighted by molar-refractivity contribution is 6.35. The molecule has 2 N–H and O–H groups in total. The highest BCUT2D eigenvalue weighted by atomic mass is 35.5. The van der Waals surface area contributed by atoms with E-state index in [4.69, 9.17) is 27.9 Å². The fourth-order valence-electron chi connectivity index (χ4n) is 1.39. The van der Waals surface area contributed by atoms with Crippen molar-refractivity contribution in [1.29, 1.82) is 0 Å². The standard InChI is InChI=1S/C13H18Cl2FNO2/c1-8(2)6-19-7-10(18)5-17-9-3-11(14)13(16)12(15)4-9/h3-4,8,10,17-18H,5-7H2,1-2H3. The Kier molecular flexibility index (Phi) is 6.86. The lowest BCUT2D eigenvalue weighted by molar-refractivity contribution is 0.0318. The molecule has 1 aromatic carbocycles. The molecule has 0 bridgehead atoms. The number of rotatable bonds is 7. The summed E-state index contributed by atoms with van der Waals surface area (Å²) in [6.45, 7) is 5.19. The van der Waals surface area contributed by atoms with Gasteiger partial charge in [-0.2, -0.15) is 0 Å². The maximum atomic E-state index is 13.2. The Bertz CT molecular complexity index is 393. The molecule has 0 fully saturated rings. The third-order valence-electron chi connectivity index (χ3n) is 2.29. The van der Waals surface area contributed by atoms with Gasteiger partial charge in [0.25, 0.3) is 0 Å². The molecule has 0 aliphatic carbocycles. The summed E-state index contributed by atoms with van der Waals surface area (Å²) in [4.78, 5) is 0. The van der Waals surface area contributed by atoms with Crippen LogP contribution in [0.25, 0.3) is 0 Å². The van der Waals surface area contributed by atoms with Gasteiger partial charge in [-0.05, 0) is 18.1 Å². The van der Waals surface area contributed by atoms with Crippen LogP contribution in [0.5, 0.6) is 0 Å². The molecule has 1 atom stereocenters. The Hall–Kier alpha value is -0.550. The van der Waals surface area contributed by atoms with E-state index in [2.05, 4.69) is 5.32 Å². The van der Waals surface area contributed by atoms with Crippen molar-refractivity contribution >= 4 is 28.9 Å². The van der Waals surface area contributed by atoms with Crippen LogP contribution in [-0.4, -0.2) is 31.0 Å². The second kappa shape index (κ2) is 7.90. The monoisotopic (exact) mass is 309 g/mol. The Balaban J connectivity index is 2.40. The van der Waals surface area contributed by atoms with Gasteiger partial charge in [0, 0.05) is 18.8 Å². The SMILES string of the molecule is CC(C)COCC(O)CNc1cc(Cl)c(F)c(Cl)c1. The van der Waals surface area contributed by atoms with Crippen LogP contribution in [0.2, 0.25) is 10.0 Å². The molecule has 1 rings (SSSR count). The van der Waals surface area contributed by atoms with Crippen molar-refractivity contribution in [3.63, 3.8) is 0 Å². The summed E-state index contributed by atoms with van der Waals surface area (Å²) in [5.41, 5.74) is 0.555. The summed E-state index contributed by atoms with van der Waals surface area (Å²) < 4.78 is 18.5. The summed E-state index contributed by atoms with van der Waals surface area (Å²) in [6, 6.07) is 2.84. The number of hydrogen-bond donors (Lipinski definition) is 2. The van der Waals surface area contributed by atoms with Gasteiger partial charge in [0.05, 0.1) is 22.8 Å². The topological polar surface area (TPSA) is 41.5 Å². The van der Waals surface area contributed by atoms with E-state index in [-0.39, 0.29) is 23.2 Å². The summed E-state index contributed by atoms with van der Waals surface area (Å²) in [7, 11) is 0. The molecule has 0 heterocycles. The van der Waals surface area contributed by atoms with E-state index < -0.39 is 11.9 Å². The molecular weight excluding hydrogens is 292 g/mol. The lowest BCUT2D eigenvalue weighted by atomic mass is 10.2. The number of nitrogens with one attached hydrogen (secondary N) is 1. The second-order valence-electron chi connectivity index (χ2n) is 4.72. The van der Waals surface area contributed by atoms with Crippen molar-refractivity contribution in [2.24, 2.45) is 5.92 Å². The number of benzene rings is 1. The van der Waals surface area contributed by atoms with Crippen molar-refractivity contribution in [2.45, 2.75) is 20.0 Å². The van der Waals surface area contributed by atoms with E-state index >= 15 is 0 Å². The first kappa shape index (κ1) is 16.5. The van der Waals surface area contributed by atoms with Crippen molar-refractivity contribution in [1.82, 2.24) is 0 Å². The van der Waals surface area contributed by atoms with E-state index in [9.17, 15) is 9.50 Å². The van der Waals surface area contributed by atoms with Gasteiger partial charge in [0.15, 0.2) is 5.82 Å². The second-order valence-corrected chi connectivity index (χ2v) is 5.53. The molecule has 0 saturated heterocycles. The third-order valence-corrected chi connectivity index (χ3v) is 2.84. The molecule has 0 spiro atoms. The maximum Gasteiger partial charge on any atom is 0.160 e. The Labute approximate surface area is 122 Å². The summed E-state index contributed by atoms with van der Waals surface area (Å²) >= 11 is 11.3. The molecule has 0 amide bonds. The quantitative estimate of drug-likeness (QED) is 0.756. The first-order valence-corrected chi connectivity index (χ1v) is 6.80. The van der Waals surface area contributed by atoms with Gasteiger partial charge in [0.2, 0.25) is 0 Å². The number of anilines is 1. The van der Waals surface area contributed by atoms with Crippen LogP contribution in [0.4, 0.5) is 10.1 Å². The van der Waals surface area contributed by atoms with Crippen LogP contribution in [0, 0.1) is 11.7 Å². The zero-order valence-corrected chi connectivity index (χ0v) is 12.4. The van der Waals surface area contributed by atoms with Crippen LogP contribution in [0.15, 0.2) is 12.1 Å². The van der Waals surface area contributed by atoms with Gasteiger partial charge in [-0.3, -0.25) is 0 Å². The normalized spacial score (nSPS) is 12.8. The predicted octanol–water partition coefficient (Wildman–Crippen LogP) is 3.58. The van der Waals surface area contributed by atoms with Crippen molar-refractivity contribution in [2.75, 3.05) is 25.1 Å². The Morgan fingerprint density at radius 3 is 2.37 bits per heavy atom. The number of aliphatic hydroxyl groups excluding tert-OH is 1. The number of hydrogen-bond acceptors (Lipinski definition) is 3. The van der Waals surface area contributed by atoms with Crippen molar-refractivity contribution in [3.8, 4) is 0 Å². The van der Waals surface area contributed by atoms with Crippen LogP contribution in [0.3, 0.4) is 0 Å². The molecule has 6 heteroatoms. The molecular formula is C13H18Cl2FNO2. The van der Waals surface area contributed by atoms with Gasteiger partial charge < -0.3 is 15.2 Å². The molecule has 0 aromatic heterocycles. The Morgan fingerprint density at radius 1 is 1.26 bits per heavy atom. The fraction of sp³-hybridized carbons (Fsp3) is 0.538. The molecule has 0 aliphatic rings. The molecule has 0 saturated carbocycles. The van der Waals surface area contributed by atoms with E-state index in [1.807, 2.05) is 13.8 Å². The van der Waals surface area contributed by atoms with E-state index in [0.717, 1.165) is 0 Å². The maximum absolute atomic E-state index is 13.2. The molecule has 108 valence electrons. The van der Waals surface area contributed by atoms with E-state index in [1.165, 1.54) is 12.1 Å². The highest BCUT2D eigenvalue weighted by Crippen LogP contribution is 2.27. The number of ether oxygens (including phenoxy) is 1. The first-order chi connectivity index (χ1) is 8.90. The summed E-state index contributed by atoms with van der Waals surface area (Å²) in [6.07, 6.45) is -0.652. The molecule has 19 heavy (non-hydrogen) atoms. The zero-order valence-electron chi connectivity index (χ0n) is 10.9. The third kappa shape index (κ3) is 5.95. The Morgan fingerprint density at radius 2 is 1.84 bits per heavy atom. The average Bonchev–Trinajstić information content (AvgIpc) is 2.32. The minimum Gasteiger partial charge on any atom is -0.389 e. The zero-order chi connectivity index (χ0) is 14.4. The van der Waals surface area contributed by atoms with Crippen LogP contribution in [-0.2, 0) is 4.74 Å². The minimum absolute atomic E-state index is 0.0550. The molecule has 1 aromatic rings. The van der Waals surface area contributed by atoms with E-state index in [0.29, 0.717) is 18.2 Å². The van der Waals surface area contributed by atoms with Crippen molar-refractivity contribution < 1.29 is 14.2 Å². The lowest BCUT2D eigenvalue weighted by Gasteiger charge is -2.14. The van der Waals surface area contributed by atoms with Gasteiger partial charge in [-0.1, -0.05) is 37.0 Å². The summed E-state index contributed by atoms with van der Waals surface area (Å²) in [5.74, 6) is -0.218. The number of aliphatic hydroxyl groups is 1. The molecule has 0 radical (unpaired) electrons. The van der Waals surface area contributed by atoms with Crippen LogP contribution in [0.1, 0.15) is 13.8 Å². The van der Waals surface area contributed by atoms with Gasteiger partial charge in [-0.15, -0.1) is 0 Å². The van der Waals surface area contributed by atoms with E-state index in [1.54, 1.807) is 0 Å². The fourth-order valence-corrected chi connectivity index (χ4v) is 1.88. The lowest BCUT2D eigenvalue weighted by Crippen LogP contribution is -2.25. The molecule has 3 nitrogen and oxygen atoms in total. The molecule has 1 unspecified atom stereocenters. The van der Waals surface area contributed by atoms with Crippen LogP contribution < -0.4 is 5.32 Å². The molecule has 0 aliphatic heterocycles. The van der Waals surface area contributed by atoms with Crippen LogP contribution >= 0.6 is 23.2 Å². The largest absolute Gasteiger partial charge is 0.389 e. The predicted molar refractivity (Wildman–Crippen MR) is 76.6 cm³/mol. The average molecular weight is 310 g/mol.